The summed E-state index contributed by atoms with van der Waals surface area (Å²) in [6.45, 7) is 0. The molecule has 116 valence electrons. The molecule has 2 aromatic carbocycles. The van der Waals surface area contributed by atoms with Crippen molar-refractivity contribution in [2.75, 3.05) is 12.0 Å². The molecule has 0 radical (unpaired) electrons. The van der Waals surface area contributed by atoms with E-state index >= 15 is 0 Å². The van der Waals surface area contributed by atoms with Gasteiger partial charge < -0.3 is 9.84 Å². The number of rotatable bonds is 3. The molecule has 23 heavy (non-hydrogen) atoms. The Morgan fingerprint density at radius 1 is 1.00 bits per heavy atom. The number of imide groups is 1. The maximum atomic E-state index is 12.7. The van der Waals surface area contributed by atoms with Crippen LogP contribution in [0, 0.1) is 0 Å². The van der Waals surface area contributed by atoms with Crippen LogP contribution in [0.4, 0.5) is 5.69 Å². The summed E-state index contributed by atoms with van der Waals surface area (Å²) in [5.41, 5.74) is 0.466. The van der Waals surface area contributed by atoms with Gasteiger partial charge in [-0.2, -0.15) is 0 Å². The Kier molecular flexibility index (Phi) is 3.80. The lowest BCUT2D eigenvalue weighted by molar-refractivity contribution is -0.121. The van der Waals surface area contributed by atoms with Crippen LogP contribution in [0.15, 0.2) is 54.3 Å². The molecule has 2 aromatic rings. The van der Waals surface area contributed by atoms with Crippen molar-refractivity contribution in [1.82, 2.24) is 0 Å². The maximum absolute atomic E-state index is 12.7. The van der Waals surface area contributed by atoms with Gasteiger partial charge in [-0.15, -0.1) is 0 Å². The Morgan fingerprint density at radius 2 is 1.65 bits per heavy atom. The zero-order valence-electron chi connectivity index (χ0n) is 12.1. The first-order valence-electron chi connectivity index (χ1n) is 6.76. The molecule has 1 heterocycles. The van der Waals surface area contributed by atoms with E-state index in [4.69, 9.17) is 16.3 Å². The highest BCUT2D eigenvalue weighted by Gasteiger charge is 2.41. The third-order valence-electron chi connectivity index (χ3n) is 3.53. The smallest absolute Gasteiger partial charge is 0.301 e. The summed E-state index contributed by atoms with van der Waals surface area (Å²) in [5, 5.41) is 10.4. The molecule has 1 aliphatic rings. The fourth-order valence-electron chi connectivity index (χ4n) is 2.46. The number of nitrogens with zero attached hydrogens (tertiary/aromatic N) is 1. The lowest BCUT2D eigenvalue weighted by Crippen LogP contribution is -2.31. The van der Waals surface area contributed by atoms with Gasteiger partial charge >= 0.3 is 5.91 Å². The third-order valence-corrected chi connectivity index (χ3v) is 3.85. The number of anilines is 1. The Hall–Kier alpha value is -2.79. The van der Waals surface area contributed by atoms with Crippen molar-refractivity contribution in [3.63, 3.8) is 0 Å². The third kappa shape index (κ3) is 2.35. The molecule has 1 aliphatic heterocycles. The van der Waals surface area contributed by atoms with Crippen LogP contribution in [0.2, 0.25) is 5.02 Å². The van der Waals surface area contributed by atoms with E-state index in [9.17, 15) is 14.7 Å². The highest BCUT2D eigenvalue weighted by Crippen LogP contribution is 2.37. The van der Waals surface area contributed by atoms with E-state index in [1.807, 2.05) is 0 Å². The average molecular weight is 330 g/mol. The number of carbonyl (C=O) groups is 2. The van der Waals surface area contributed by atoms with Gasteiger partial charge in [0.05, 0.1) is 23.4 Å². The molecule has 0 atom stereocenters. The number of ether oxygens (including phenoxy) is 1. The number of hydrogen-bond acceptors (Lipinski definition) is 4. The van der Waals surface area contributed by atoms with Crippen LogP contribution in [0.3, 0.4) is 0 Å². The van der Waals surface area contributed by atoms with E-state index < -0.39 is 17.6 Å². The topological polar surface area (TPSA) is 66.8 Å². The number of amides is 2. The normalized spacial score (nSPS) is 14.6. The summed E-state index contributed by atoms with van der Waals surface area (Å²) in [4.78, 5) is 25.9. The van der Waals surface area contributed by atoms with Gasteiger partial charge in [0.2, 0.25) is 0 Å². The van der Waals surface area contributed by atoms with Crippen LogP contribution in [0.5, 0.6) is 5.75 Å². The van der Waals surface area contributed by atoms with Crippen LogP contribution < -0.4 is 9.64 Å². The van der Waals surface area contributed by atoms with E-state index in [-0.39, 0.29) is 16.3 Å². The minimum absolute atomic E-state index is 0.104. The second-order valence-electron chi connectivity index (χ2n) is 4.82. The number of hydrogen-bond donors (Lipinski definition) is 1. The molecule has 0 saturated heterocycles. The highest BCUT2D eigenvalue weighted by atomic mass is 35.5. The first kappa shape index (κ1) is 15.1. The van der Waals surface area contributed by atoms with Crippen molar-refractivity contribution < 1.29 is 19.4 Å². The van der Waals surface area contributed by atoms with Gasteiger partial charge in [-0.3, -0.25) is 9.59 Å². The first-order valence-corrected chi connectivity index (χ1v) is 7.14. The molecule has 2 amide bonds. The van der Waals surface area contributed by atoms with Crippen LogP contribution in [0.1, 0.15) is 5.56 Å². The molecule has 0 fully saturated rings. The summed E-state index contributed by atoms with van der Waals surface area (Å²) in [6, 6.07) is 13.1. The molecule has 0 saturated carbocycles. The summed E-state index contributed by atoms with van der Waals surface area (Å²) in [7, 11) is 1.45. The number of para-hydroxylation sites is 2. The number of benzene rings is 2. The predicted molar refractivity (Wildman–Crippen MR) is 86.5 cm³/mol. The minimum Gasteiger partial charge on any atom is -0.502 e. The zero-order chi connectivity index (χ0) is 16.6. The number of aliphatic hydroxyl groups excluding tert-OH is 1. The van der Waals surface area contributed by atoms with Gasteiger partial charge in [0.1, 0.15) is 5.75 Å². The fraction of sp³-hybridized carbons (Fsp3) is 0.0588. The molecule has 0 aliphatic carbocycles. The van der Waals surface area contributed by atoms with E-state index in [0.717, 1.165) is 4.90 Å². The number of halogens is 1. The van der Waals surface area contributed by atoms with Crippen LogP contribution in [-0.2, 0) is 9.59 Å². The summed E-state index contributed by atoms with van der Waals surface area (Å²) >= 11 is 6.06. The zero-order valence-corrected chi connectivity index (χ0v) is 12.9. The van der Waals surface area contributed by atoms with Crippen molar-refractivity contribution >= 4 is 34.7 Å². The van der Waals surface area contributed by atoms with Gasteiger partial charge in [0, 0.05) is 5.56 Å². The maximum Gasteiger partial charge on any atom is 0.301 e. The standard InChI is InChI=1S/C17H12ClNO4/c1-23-13-9-5-2-6-10(13)14-15(20)17(22)19(16(14)21)12-8-4-3-7-11(12)18/h2-9,20H,1H3. The van der Waals surface area contributed by atoms with Crippen LogP contribution in [-0.4, -0.2) is 24.0 Å². The lowest BCUT2D eigenvalue weighted by Gasteiger charge is -2.16. The van der Waals surface area contributed by atoms with Crippen molar-refractivity contribution in [3.05, 3.63) is 64.9 Å². The fourth-order valence-corrected chi connectivity index (χ4v) is 2.68. The summed E-state index contributed by atoms with van der Waals surface area (Å²) < 4.78 is 5.20. The highest BCUT2D eigenvalue weighted by molar-refractivity contribution is 6.47. The summed E-state index contributed by atoms with van der Waals surface area (Å²) in [5.74, 6) is -1.70. The Morgan fingerprint density at radius 3 is 2.35 bits per heavy atom. The number of aliphatic hydroxyl groups is 1. The van der Waals surface area contributed by atoms with E-state index in [2.05, 4.69) is 0 Å². The number of methoxy groups -OCH3 is 1. The van der Waals surface area contributed by atoms with Gasteiger partial charge in [-0.25, -0.2) is 4.90 Å². The first-order chi connectivity index (χ1) is 11.1. The van der Waals surface area contributed by atoms with Crippen molar-refractivity contribution in [2.24, 2.45) is 0 Å². The van der Waals surface area contributed by atoms with Crippen LogP contribution >= 0.6 is 11.6 Å². The van der Waals surface area contributed by atoms with Gasteiger partial charge in [0.25, 0.3) is 5.91 Å². The van der Waals surface area contributed by atoms with E-state index in [0.29, 0.717) is 11.3 Å². The monoisotopic (exact) mass is 329 g/mol. The second kappa shape index (κ2) is 5.78. The molecule has 1 N–H and O–H groups in total. The van der Waals surface area contributed by atoms with Gasteiger partial charge in [-0.05, 0) is 18.2 Å². The molecule has 0 aromatic heterocycles. The Bertz CT molecular complexity index is 844. The van der Waals surface area contributed by atoms with Gasteiger partial charge in [-0.1, -0.05) is 41.9 Å². The lowest BCUT2D eigenvalue weighted by atomic mass is 10.0. The Labute approximate surface area is 137 Å². The molecule has 6 heteroatoms. The Balaban J connectivity index is 2.12. The average Bonchev–Trinajstić information content (AvgIpc) is 2.78. The molecule has 0 spiro atoms. The molecular formula is C17H12ClNO4. The van der Waals surface area contributed by atoms with Crippen molar-refractivity contribution in [3.8, 4) is 5.75 Å². The SMILES string of the molecule is COc1ccccc1C1=C(O)C(=O)N(c2ccccc2Cl)C1=O. The molecule has 0 unspecified atom stereocenters. The molecule has 0 bridgehead atoms. The largest absolute Gasteiger partial charge is 0.502 e. The molecular weight excluding hydrogens is 318 g/mol. The van der Waals surface area contributed by atoms with E-state index in [1.165, 1.54) is 13.2 Å². The molecule has 5 nitrogen and oxygen atoms in total. The predicted octanol–water partition coefficient (Wildman–Crippen LogP) is 3.19. The van der Waals surface area contributed by atoms with Crippen molar-refractivity contribution in [2.45, 2.75) is 0 Å². The van der Waals surface area contributed by atoms with Crippen LogP contribution in [0.25, 0.3) is 5.57 Å². The number of carbonyl (C=O) groups excluding carboxylic acids is 2. The van der Waals surface area contributed by atoms with Gasteiger partial charge in [0.15, 0.2) is 5.76 Å². The minimum atomic E-state index is -0.816. The second-order valence-corrected chi connectivity index (χ2v) is 5.23. The quantitative estimate of drug-likeness (QED) is 0.878. The van der Waals surface area contributed by atoms with E-state index in [1.54, 1.807) is 42.5 Å². The van der Waals surface area contributed by atoms with Crippen molar-refractivity contribution in [1.29, 1.82) is 0 Å². The molecule has 3 rings (SSSR count). The summed E-state index contributed by atoms with van der Waals surface area (Å²) in [6.07, 6.45) is 0.